The van der Waals surface area contributed by atoms with E-state index in [1.807, 2.05) is 62.4 Å². The van der Waals surface area contributed by atoms with Gasteiger partial charge in [-0.3, -0.25) is 9.48 Å². The minimum Gasteiger partial charge on any atom is -0.350 e. The van der Waals surface area contributed by atoms with Crippen molar-refractivity contribution in [1.82, 2.24) is 24.2 Å². The van der Waals surface area contributed by atoms with E-state index in [0.717, 1.165) is 16.7 Å². The molecule has 2 fully saturated rings. The van der Waals surface area contributed by atoms with Crippen LogP contribution in [0.15, 0.2) is 54.7 Å². The maximum absolute atomic E-state index is 13.8. The molecule has 2 saturated heterocycles. The van der Waals surface area contributed by atoms with Gasteiger partial charge in [0.25, 0.3) is 0 Å². The number of rotatable bonds is 9. The van der Waals surface area contributed by atoms with Crippen molar-refractivity contribution in [2.24, 2.45) is 5.92 Å². The molecule has 1 atom stereocenters. The summed E-state index contributed by atoms with van der Waals surface area (Å²) >= 11 is 6.01. The van der Waals surface area contributed by atoms with Crippen LogP contribution in [-0.4, -0.2) is 76.4 Å². The van der Waals surface area contributed by atoms with Crippen molar-refractivity contribution in [1.29, 1.82) is 0 Å². The third-order valence-electron chi connectivity index (χ3n) is 7.18. The number of hydrogen-bond acceptors (Lipinski definition) is 7. The summed E-state index contributed by atoms with van der Waals surface area (Å²) in [5.74, 6) is -0.607. The molecule has 0 saturated carbocycles. The fraction of sp³-hybridized carbons (Fsp3) is 0.464. The van der Waals surface area contributed by atoms with Crippen molar-refractivity contribution in [3.8, 4) is 11.1 Å². The van der Waals surface area contributed by atoms with Gasteiger partial charge in [-0.15, -0.1) is 5.10 Å². The Morgan fingerprint density at radius 3 is 2.30 bits per heavy atom. The fourth-order valence-corrected chi connectivity index (χ4v) is 6.90. The van der Waals surface area contributed by atoms with E-state index >= 15 is 0 Å². The number of carbonyl (C=O) groups is 1. The summed E-state index contributed by atoms with van der Waals surface area (Å²) in [7, 11) is -3.70. The zero-order valence-corrected chi connectivity index (χ0v) is 24.2. The molecule has 40 heavy (non-hydrogen) atoms. The highest BCUT2D eigenvalue weighted by Gasteiger charge is 2.42. The van der Waals surface area contributed by atoms with Gasteiger partial charge in [0.15, 0.2) is 6.29 Å². The zero-order chi connectivity index (χ0) is 28.3. The largest absolute Gasteiger partial charge is 0.350 e. The number of carbonyl (C=O) groups excluding carboxylic acids is 1. The Balaban J connectivity index is 1.29. The molecular formula is C28H34ClN5O5S. The Morgan fingerprint density at radius 1 is 1.00 bits per heavy atom. The summed E-state index contributed by atoms with van der Waals surface area (Å²) < 4.78 is 41.0. The van der Waals surface area contributed by atoms with E-state index in [4.69, 9.17) is 21.1 Å². The van der Waals surface area contributed by atoms with E-state index in [1.54, 1.807) is 15.8 Å². The minimum absolute atomic E-state index is 0.0903. The number of hydrogen-bond donors (Lipinski definition) is 0. The number of benzene rings is 2. The van der Waals surface area contributed by atoms with Crippen LogP contribution in [0.5, 0.6) is 0 Å². The molecule has 0 spiro atoms. The lowest BCUT2D eigenvalue weighted by molar-refractivity contribution is -0.136. The van der Waals surface area contributed by atoms with E-state index in [2.05, 4.69) is 10.3 Å². The lowest BCUT2D eigenvalue weighted by Gasteiger charge is -2.32. The zero-order valence-electron chi connectivity index (χ0n) is 22.6. The SMILES string of the molecule is CC(C)C1C(=O)N(Cc2cn(CCC3OCCO3)nn2)CCS(=O)(=O)N1Cc1ccc(-c2ccc(Cl)cc2)cc1. The van der Waals surface area contributed by atoms with Crippen molar-refractivity contribution in [2.45, 2.75) is 52.2 Å². The van der Waals surface area contributed by atoms with Gasteiger partial charge < -0.3 is 14.4 Å². The second-order valence-electron chi connectivity index (χ2n) is 10.4. The lowest BCUT2D eigenvalue weighted by Crippen LogP contribution is -2.49. The molecule has 1 amide bonds. The standard InChI is InChI=1S/C28H34ClN5O5S/c1-20(2)27-28(35)32(18-25-19-33(31-30-25)12-11-26-38-14-15-39-26)13-16-40(36,37)34(27)17-21-3-5-22(6-4-21)23-7-9-24(29)10-8-23/h3-10,19-20,26-27H,11-18H2,1-2H3. The van der Waals surface area contributed by atoms with Gasteiger partial charge in [-0.05, 0) is 34.7 Å². The average molecular weight is 588 g/mol. The Bertz CT molecular complexity index is 1410. The van der Waals surface area contributed by atoms with Crippen LogP contribution in [0, 0.1) is 5.92 Å². The Hall–Kier alpha value is -2.83. The van der Waals surface area contributed by atoms with Crippen molar-refractivity contribution in [3.05, 3.63) is 71.0 Å². The Morgan fingerprint density at radius 2 is 1.65 bits per heavy atom. The van der Waals surface area contributed by atoms with Gasteiger partial charge in [-0.1, -0.05) is 67.1 Å². The molecule has 0 N–H and O–H groups in total. The number of aromatic nitrogens is 3. The highest BCUT2D eigenvalue weighted by Crippen LogP contribution is 2.27. The summed E-state index contributed by atoms with van der Waals surface area (Å²) in [5.41, 5.74) is 3.43. The molecule has 0 bridgehead atoms. The van der Waals surface area contributed by atoms with Gasteiger partial charge in [-0.2, -0.15) is 4.31 Å². The molecule has 2 aromatic carbocycles. The lowest BCUT2D eigenvalue weighted by atomic mass is 10.0. The quantitative estimate of drug-likeness (QED) is 0.377. The highest BCUT2D eigenvalue weighted by atomic mass is 35.5. The van der Waals surface area contributed by atoms with Crippen LogP contribution in [0.4, 0.5) is 0 Å². The van der Waals surface area contributed by atoms with Gasteiger partial charge in [0.05, 0.1) is 31.7 Å². The van der Waals surface area contributed by atoms with Gasteiger partial charge in [0.1, 0.15) is 11.7 Å². The van der Waals surface area contributed by atoms with Crippen LogP contribution in [0.25, 0.3) is 11.1 Å². The smallest absolute Gasteiger partial charge is 0.241 e. The van der Waals surface area contributed by atoms with Crippen LogP contribution < -0.4 is 0 Å². The monoisotopic (exact) mass is 587 g/mol. The predicted molar refractivity (Wildman–Crippen MR) is 151 cm³/mol. The first-order chi connectivity index (χ1) is 19.2. The molecule has 0 radical (unpaired) electrons. The third kappa shape index (κ3) is 6.72. The summed E-state index contributed by atoms with van der Waals surface area (Å²) in [4.78, 5) is 15.4. The first-order valence-electron chi connectivity index (χ1n) is 13.4. The molecule has 3 heterocycles. The molecule has 5 rings (SSSR count). The summed E-state index contributed by atoms with van der Waals surface area (Å²) in [6, 6.07) is 14.4. The second-order valence-corrected chi connectivity index (χ2v) is 12.9. The topological polar surface area (TPSA) is 107 Å². The van der Waals surface area contributed by atoms with Crippen molar-refractivity contribution < 1.29 is 22.7 Å². The second kappa shape index (κ2) is 12.4. The van der Waals surface area contributed by atoms with Gasteiger partial charge in [-0.25, -0.2) is 8.42 Å². The molecule has 12 heteroatoms. The maximum atomic E-state index is 13.8. The number of halogens is 1. The first-order valence-corrected chi connectivity index (χ1v) is 15.4. The summed E-state index contributed by atoms with van der Waals surface area (Å²) in [5, 5.41) is 9.04. The summed E-state index contributed by atoms with van der Waals surface area (Å²) in [6.45, 7) is 5.91. The first kappa shape index (κ1) is 28.7. The van der Waals surface area contributed by atoms with Crippen LogP contribution in [0.2, 0.25) is 5.02 Å². The van der Waals surface area contributed by atoms with Crippen molar-refractivity contribution in [2.75, 3.05) is 25.5 Å². The van der Waals surface area contributed by atoms with Crippen LogP contribution in [-0.2, 0) is 43.9 Å². The molecule has 214 valence electrons. The Labute approximate surface area is 239 Å². The molecule has 0 aliphatic carbocycles. The third-order valence-corrected chi connectivity index (χ3v) is 9.20. The van der Waals surface area contributed by atoms with E-state index in [-0.39, 0.29) is 43.5 Å². The van der Waals surface area contributed by atoms with Crippen molar-refractivity contribution >= 4 is 27.5 Å². The molecule has 2 aliphatic rings. The van der Waals surface area contributed by atoms with Gasteiger partial charge >= 0.3 is 0 Å². The number of ether oxygens (including phenoxy) is 2. The number of amides is 1. The fourth-order valence-electron chi connectivity index (χ4n) is 5.06. The highest BCUT2D eigenvalue weighted by molar-refractivity contribution is 7.89. The summed E-state index contributed by atoms with van der Waals surface area (Å²) in [6.07, 6.45) is 2.19. The molecule has 3 aromatic rings. The molecule has 1 unspecified atom stereocenters. The van der Waals surface area contributed by atoms with Crippen LogP contribution in [0.1, 0.15) is 31.5 Å². The number of sulfonamides is 1. The molecule has 1 aromatic heterocycles. The number of nitrogens with zero attached hydrogens (tertiary/aromatic N) is 5. The average Bonchev–Trinajstić information content (AvgIpc) is 3.60. The van der Waals surface area contributed by atoms with E-state index in [0.29, 0.717) is 36.9 Å². The normalized spacial score (nSPS) is 20.4. The predicted octanol–water partition coefficient (Wildman–Crippen LogP) is 3.56. The number of aryl methyl sites for hydroxylation is 1. The molecular weight excluding hydrogens is 554 g/mol. The van der Waals surface area contributed by atoms with E-state index in [9.17, 15) is 13.2 Å². The van der Waals surface area contributed by atoms with Crippen LogP contribution in [0.3, 0.4) is 0 Å². The van der Waals surface area contributed by atoms with Crippen molar-refractivity contribution in [3.63, 3.8) is 0 Å². The minimum atomic E-state index is -3.70. The van der Waals surface area contributed by atoms with Gasteiger partial charge in [0.2, 0.25) is 15.9 Å². The Kier molecular flexibility index (Phi) is 8.86. The van der Waals surface area contributed by atoms with E-state index in [1.165, 1.54) is 4.31 Å². The van der Waals surface area contributed by atoms with E-state index < -0.39 is 16.1 Å². The van der Waals surface area contributed by atoms with Crippen LogP contribution >= 0.6 is 11.6 Å². The maximum Gasteiger partial charge on any atom is 0.241 e. The van der Waals surface area contributed by atoms with Gasteiger partial charge in [0, 0.05) is 31.1 Å². The molecule has 10 nitrogen and oxygen atoms in total. The molecule has 2 aliphatic heterocycles.